The number of thiophene rings is 1. The van der Waals surface area contributed by atoms with Crippen molar-refractivity contribution >= 4 is 39.3 Å². The Morgan fingerprint density at radius 1 is 1.07 bits per heavy atom. The van der Waals surface area contributed by atoms with E-state index in [1.807, 2.05) is 66.0 Å². The first-order chi connectivity index (χ1) is 14.7. The third-order valence-corrected chi connectivity index (χ3v) is 7.17. The smallest absolute Gasteiger partial charge is 0.319 e. The van der Waals surface area contributed by atoms with Crippen molar-refractivity contribution in [2.24, 2.45) is 0 Å². The first kappa shape index (κ1) is 19.1. The van der Waals surface area contributed by atoms with E-state index in [0.29, 0.717) is 34.9 Å². The second kappa shape index (κ2) is 8.08. The number of aromatic nitrogens is 2. The van der Waals surface area contributed by atoms with Crippen LogP contribution >= 0.6 is 23.1 Å². The van der Waals surface area contributed by atoms with Crippen molar-refractivity contribution in [1.29, 1.82) is 0 Å². The van der Waals surface area contributed by atoms with Crippen molar-refractivity contribution in [3.63, 3.8) is 0 Å². The lowest BCUT2D eigenvalue weighted by atomic mass is 10.1. The SMILES string of the molecule is O=C1OCC[C@H]1Sc1nc2scc(-c3ccccc3)c2c(=O)n1Cc1ccccc1. The third-order valence-electron chi connectivity index (χ3n) is 5.06. The molecule has 0 bridgehead atoms. The third kappa shape index (κ3) is 3.55. The van der Waals surface area contributed by atoms with E-state index in [1.54, 1.807) is 4.57 Å². The zero-order chi connectivity index (χ0) is 20.5. The predicted octanol–water partition coefficient (Wildman–Crippen LogP) is 4.58. The summed E-state index contributed by atoms with van der Waals surface area (Å²) in [5.74, 6) is -0.239. The molecule has 150 valence electrons. The molecule has 1 fully saturated rings. The molecule has 30 heavy (non-hydrogen) atoms. The number of rotatable bonds is 5. The minimum Gasteiger partial charge on any atom is -0.465 e. The lowest BCUT2D eigenvalue weighted by molar-refractivity contribution is -0.137. The van der Waals surface area contributed by atoms with E-state index < -0.39 is 0 Å². The topological polar surface area (TPSA) is 61.2 Å². The van der Waals surface area contributed by atoms with Crippen LogP contribution in [-0.4, -0.2) is 27.4 Å². The van der Waals surface area contributed by atoms with Gasteiger partial charge in [-0.2, -0.15) is 0 Å². The molecular formula is C23H18N2O3S2. The van der Waals surface area contributed by atoms with Crippen molar-refractivity contribution in [3.05, 3.63) is 82.0 Å². The van der Waals surface area contributed by atoms with Crippen LogP contribution in [0.1, 0.15) is 12.0 Å². The highest BCUT2D eigenvalue weighted by Crippen LogP contribution is 2.34. The summed E-state index contributed by atoms with van der Waals surface area (Å²) >= 11 is 2.78. The molecule has 0 aliphatic carbocycles. The largest absolute Gasteiger partial charge is 0.465 e. The lowest BCUT2D eigenvalue weighted by Gasteiger charge is -2.14. The van der Waals surface area contributed by atoms with Gasteiger partial charge in [-0.3, -0.25) is 14.2 Å². The van der Waals surface area contributed by atoms with Gasteiger partial charge in [-0.1, -0.05) is 72.4 Å². The number of carbonyl (C=O) groups is 1. The Morgan fingerprint density at radius 3 is 2.50 bits per heavy atom. The van der Waals surface area contributed by atoms with E-state index in [9.17, 15) is 9.59 Å². The summed E-state index contributed by atoms with van der Waals surface area (Å²) in [4.78, 5) is 31.2. The Kier molecular flexibility index (Phi) is 5.14. The Labute approximate surface area is 181 Å². The molecule has 2 aromatic carbocycles. The molecule has 1 aliphatic heterocycles. The number of thioether (sulfide) groups is 1. The van der Waals surface area contributed by atoms with Crippen molar-refractivity contribution in [1.82, 2.24) is 9.55 Å². The number of esters is 1. The van der Waals surface area contributed by atoms with Crippen LogP contribution in [-0.2, 0) is 16.1 Å². The lowest BCUT2D eigenvalue weighted by Crippen LogP contribution is -2.25. The molecule has 5 nitrogen and oxygen atoms in total. The standard InChI is InChI=1S/C23H18N2O3S2/c26-21-19-17(16-9-5-2-6-10-16)14-29-20(19)24-23(30-18-11-12-28-22(18)27)25(21)13-15-7-3-1-4-8-15/h1-10,14,18H,11-13H2/t18-/m1/s1. The van der Waals surface area contributed by atoms with Crippen LogP contribution in [0.5, 0.6) is 0 Å². The number of benzene rings is 2. The van der Waals surface area contributed by atoms with Gasteiger partial charge in [0, 0.05) is 17.4 Å². The van der Waals surface area contributed by atoms with Gasteiger partial charge in [0.25, 0.3) is 5.56 Å². The van der Waals surface area contributed by atoms with Crippen molar-refractivity contribution in [2.45, 2.75) is 23.4 Å². The van der Waals surface area contributed by atoms with Crippen molar-refractivity contribution < 1.29 is 9.53 Å². The van der Waals surface area contributed by atoms with Gasteiger partial charge in [0.15, 0.2) is 5.16 Å². The highest BCUT2D eigenvalue weighted by atomic mass is 32.2. The normalized spacial score (nSPS) is 16.1. The van der Waals surface area contributed by atoms with Crippen molar-refractivity contribution in [2.75, 3.05) is 6.61 Å². The number of nitrogens with zero attached hydrogens (tertiary/aromatic N) is 2. The molecule has 1 atom stereocenters. The van der Waals surface area contributed by atoms with E-state index in [-0.39, 0.29) is 16.8 Å². The molecule has 5 rings (SSSR count). The average Bonchev–Trinajstić information content (AvgIpc) is 3.38. The van der Waals surface area contributed by atoms with Gasteiger partial charge >= 0.3 is 5.97 Å². The monoisotopic (exact) mass is 434 g/mol. The van der Waals surface area contributed by atoms with Crippen LogP contribution < -0.4 is 5.56 Å². The molecule has 7 heteroatoms. The molecule has 2 aromatic heterocycles. The van der Waals surface area contributed by atoms with Gasteiger partial charge in [-0.05, 0) is 11.1 Å². The fourth-order valence-corrected chi connectivity index (χ4v) is 5.59. The highest BCUT2D eigenvalue weighted by Gasteiger charge is 2.30. The number of carbonyl (C=O) groups excluding carboxylic acids is 1. The Bertz CT molecular complexity index is 1270. The van der Waals surface area contributed by atoms with Crippen LogP contribution in [0.15, 0.2) is 76.0 Å². The highest BCUT2D eigenvalue weighted by molar-refractivity contribution is 8.00. The fourth-order valence-electron chi connectivity index (χ4n) is 3.54. The van der Waals surface area contributed by atoms with Crippen LogP contribution in [0.25, 0.3) is 21.3 Å². The summed E-state index contributed by atoms with van der Waals surface area (Å²) in [6.45, 7) is 0.815. The quantitative estimate of drug-likeness (QED) is 0.340. The molecule has 0 saturated carbocycles. The zero-order valence-electron chi connectivity index (χ0n) is 16.0. The molecule has 0 amide bonds. The zero-order valence-corrected chi connectivity index (χ0v) is 17.6. The minimum absolute atomic E-state index is 0.0854. The minimum atomic E-state index is -0.329. The number of fused-ring (bicyclic) bond motifs is 1. The molecule has 0 N–H and O–H groups in total. The summed E-state index contributed by atoms with van der Waals surface area (Å²) in [7, 11) is 0. The summed E-state index contributed by atoms with van der Waals surface area (Å²) in [5, 5.41) is 2.84. The van der Waals surface area contributed by atoms with E-state index in [2.05, 4.69) is 0 Å². The molecule has 0 spiro atoms. The van der Waals surface area contributed by atoms with Crippen LogP contribution in [0.4, 0.5) is 0 Å². The van der Waals surface area contributed by atoms with Gasteiger partial charge in [-0.15, -0.1) is 11.3 Å². The number of hydrogen-bond acceptors (Lipinski definition) is 6. The van der Waals surface area contributed by atoms with Gasteiger partial charge in [0.2, 0.25) is 0 Å². The second-order valence-electron chi connectivity index (χ2n) is 7.03. The van der Waals surface area contributed by atoms with E-state index in [0.717, 1.165) is 16.7 Å². The van der Waals surface area contributed by atoms with Gasteiger partial charge in [0.05, 0.1) is 18.5 Å². The van der Waals surface area contributed by atoms with Gasteiger partial charge in [-0.25, -0.2) is 4.98 Å². The maximum Gasteiger partial charge on any atom is 0.319 e. The fraction of sp³-hybridized carbons (Fsp3) is 0.174. The first-order valence-electron chi connectivity index (χ1n) is 9.65. The summed E-state index contributed by atoms with van der Waals surface area (Å²) in [5.41, 5.74) is 2.81. The number of cyclic esters (lactones) is 1. The van der Waals surface area contributed by atoms with Gasteiger partial charge in [0.1, 0.15) is 10.1 Å². The maximum absolute atomic E-state index is 13.7. The molecular weight excluding hydrogens is 416 g/mol. The van der Waals surface area contributed by atoms with Crippen molar-refractivity contribution in [3.8, 4) is 11.1 Å². The molecule has 1 aliphatic rings. The van der Waals surface area contributed by atoms with E-state index in [4.69, 9.17) is 9.72 Å². The maximum atomic E-state index is 13.7. The Hall–Kier alpha value is -2.90. The predicted molar refractivity (Wildman–Crippen MR) is 120 cm³/mol. The molecule has 1 saturated heterocycles. The summed E-state index contributed by atoms with van der Waals surface area (Å²) < 4.78 is 6.79. The molecule has 4 aromatic rings. The average molecular weight is 435 g/mol. The number of ether oxygens (including phenoxy) is 1. The van der Waals surface area contributed by atoms with E-state index >= 15 is 0 Å². The summed E-state index contributed by atoms with van der Waals surface area (Å²) in [6, 6.07) is 19.7. The van der Waals surface area contributed by atoms with Gasteiger partial charge < -0.3 is 4.74 Å². The van der Waals surface area contributed by atoms with Crippen LogP contribution in [0.3, 0.4) is 0 Å². The molecule has 0 radical (unpaired) electrons. The van der Waals surface area contributed by atoms with E-state index in [1.165, 1.54) is 23.1 Å². The number of hydrogen-bond donors (Lipinski definition) is 0. The van der Waals surface area contributed by atoms with Crippen LogP contribution in [0, 0.1) is 0 Å². The Balaban J connectivity index is 1.67. The first-order valence-corrected chi connectivity index (χ1v) is 11.4. The summed E-state index contributed by atoms with van der Waals surface area (Å²) in [6.07, 6.45) is 0.627. The second-order valence-corrected chi connectivity index (χ2v) is 9.06. The molecule has 3 heterocycles. The van der Waals surface area contributed by atoms with Crippen LogP contribution in [0.2, 0.25) is 0 Å². The Morgan fingerprint density at radius 2 is 1.80 bits per heavy atom. The molecule has 0 unspecified atom stereocenters.